The minimum Gasteiger partial charge on any atom is -0.478 e. The van der Waals surface area contributed by atoms with Crippen LogP contribution < -0.4 is 5.32 Å². The van der Waals surface area contributed by atoms with Gasteiger partial charge in [0.15, 0.2) is 0 Å². The highest BCUT2D eigenvalue weighted by atomic mass is 16.4. The Morgan fingerprint density at radius 2 is 1.86 bits per heavy atom. The smallest absolute Gasteiger partial charge is 0.335 e. The average Bonchev–Trinajstić information content (AvgIpc) is 3.32. The molecule has 21 heavy (non-hydrogen) atoms. The first-order valence-electron chi connectivity index (χ1n) is 7.27. The zero-order valence-corrected chi connectivity index (χ0v) is 11.8. The predicted octanol–water partition coefficient (Wildman–Crippen LogP) is 1.70. The summed E-state index contributed by atoms with van der Waals surface area (Å²) in [7, 11) is 0. The maximum Gasteiger partial charge on any atom is 0.335 e. The van der Waals surface area contributed by atoms with E-state index in [1.165, 1.54) is 25.0 Å². The lowest BCUT2D eigenvalue weighted by molar-refractivity contribution is 0.0697. The maximum atomic E-state index is 12.2. The van der Waals surface area contributed by atoms with Crippen LogP contribution in [-0.2, 0) is 0 Å². The van der Waals surface area contributed by atoms with E-state index in [0.717, 1.165) is 32.2 Å². The van der Waals surface area contributed by atoms with E-state index < -0.39 is 5.97 Å². The SMILES string of the molecule is O=C(O)c1cccc(NC(=O)N2CCN(C3CC3)CC2)c1. The molecule has 1 aliphatic carbocycles. The van der Waals surface area contributed by atoms with Crippen molar-refractivity contribution in [3.8, 4) is 0 Å². The Balaban J connectivity index is 1.56. The zero-order valence-electron chi connectivity index (χ0n) is 11.8. The van der Waals surface area contributed by atoms with Gasteiger partial charge in [-0.3, -0.25) is 4.90 Å². The van der Waals surface area contributed by atoms with Crippen molar-refractivity contribution in [1.82, 2.24) is 9.80 Å². The molecule has 2 aliphatic rings. The lowest BCUT2D eigenvalue weighted by atomic mass is 10.2. The quantitative estimate of drug-likeness (QED) is 0.888. The number of rotatable bonds is 3. The zero-order chi connectivity index (χ0) is 14.8. The topological polar surface area (TPSA) is 72.9 Å². The van der Waals surface area contributed by atoms with E-state index in [1.54, 1.807) is 17.0 Å². The van der Waals surface area contributed by atoms with Gasteiger partial charge in [0, 0.05) is 37.9 Å². The van der Waals surface area contributed by atoms with Crippen molar-refractivity contribution < 1.29 is 14.7 Å². The lowest BCUT2D eigenvalue weighted by Crippen LogP contribution is -2.50. The molecule has 0 unspecified atom stereocenters. The van der Waals surface area contributed by atoms with E-state index in [1.807, 2.05) is 0 Å². The third-order valence-corrected chi connectivity index (χ3v) is 4.03. The van der Waals surface area contributed by atoms with Crippen molar-refractivity contribution in [2.24, 2.45) is 0 Å². The molecule has 1 saturated heterocycles. The Kier molecular flexibility index (Phi) is 3.79. The van der Waals surface area contributed by atoms with Crippen molar-refractivity contribution in [3.63, 3.8) is 0 Å². The van der Waals surface area contributed by atoms with E-state index in [-0.39, 0.29) is 11.6 Å². The lowest BCUT2D eigenvalue weighted by Gasteiger charge is -2.34. The number of carbonyl (C=O) groups is 2. The first-order chi connectivity index (χ1) is 10.1. The molecule has 0 atom stereocenters. The van der Waals surface area contributed by atoms with E-state index in [2.05, 4.69) is 10.2 Å². The molecule has 3 rings (SSSR count). The second-order valence-corrected chi connectivity index (χ2v) is 5.57. The fourth-order valence-electron chi connectivity index (χ4n) is 2.66. The number of carbonyl (C=O) groups excluding carboxylic acids is 1. The molecular weight excluding hydrogens is 270 g/mol. The number of aromatic carboxylic acids is 1. The standard InChI is InChI=1S/C15H19N3O3/c19-14(20)11-2-1-3-12(10-11)16-15(21)18-8-6-17(7-9-18)13-4-5-13/h1-3,10,13H,4-9H2,(H,16,21)(H,19,20). The number of benzene rings is 1. The number of piperazine rings is 1. The predicted molar refractivity (Wildman–Crippen MR) is 78.6 cm³/mol. The van der Waals surface area contributed by atoms with Gasteiger partial charge in [-0.25, -0.2) is 9.59 Å². The molecule has 0 bridgehead atoms. The second kappa shape index (κ2) is 5.73. The van der Waals surface area contributed by atoms with Crippen molar-refractivity contribution in [2.75, 3.05) is 31.5 Å². The summed E-state index contributed by atoms with van der Waals surface area (Å²) in [5.41, 5.74) is 0.691. The largest absolute Gasteiger partial charge is 0.478 e. The molecule has 1 aromatic carbocycles. The first-order valence-corrected chi connectivity index (χ1v) is 7.27. The molecule has 2 fully saturated rings. The Bertz CT molecular complexity index is 549. The Morgan fingerprint density at radius 1 is 1.14 bits per heavy atom. The molecule has 0 aromatic heterocycles. The van der Waals surface area contributed by atoms with Gasteiger partial charge < -0.3 is 15.3 Å². The van der Waals surface area contributed by atoms with Gasteiger partial charge >= 0.3 is 12.0 Å². The maximum absolute atomic E-state index is 12.2. The van der Waals surface area contributed by atoms with Gasteiger partial charge in [-0.1, -0.05) is 6.07 Å². The highest BCUT2D eigenvalue weighted by Gasteiger charge is 2.32. The number of nitrogens with zero attached hydrogens (tertiary/aromatic N) is 2. The second-order valence-electron chi connectivity index (χ2n) is 5.57. The van der Waals surface area contributed by atoms with Crippen LogP contribution in [0.25, 0.3) is 0 Å². The Hall–Kier alpha value is -2.08. The van der Waals surface area contributed by atoms with Crippen molar-refractivity contribution in [1.29, 1.82) is 0 Å². The van der Waals surface area contributed by atoms with Gasteiger partial charge in [-0.15, -0.1) is 0 Å². The number of carboxylic acids is 1. The van der Waals surface area contributed by atoms with Crippen LogP contribution in [0.3, 0.4) is 0 Å². The van der Waals surface area contributed by atoms with Crippen molar-refractivity contribution >= 4 is 17.7 Å². The highest BCUT2D eigenvalue weighted by Crippen LogP contribution is 2.27. The fourth-order valence-corrected chi connectivity index (χ4v) is 2.66. The van der Waals surface area contributed by atoms with E-state index >= 15 is 0 Å². The summed E-state index contributed by atoms with van der Waals surface area (Å²) in [6.07, 6.45) is 2.57. The van der Waals surface area contributed by atoms with Gasteiger partial charge in [-0.05, 0) is 31.0 Å². The molecular formula is C15H19N3O3. The average molecular weight is 289 g/mol. The summed E-state index contributed by atoms with van der Waals surface area (Å²) in [4.78, 5) is 27.3. The summed E-state index contributed by atoms with van der Waals surface area (Å²) in [6, 6.07) is 6.89. The van der Waals surface area contributed by atoms with Crippen LogP contribution in [0.2, 0.25) is 0 Å². The number of anilines is 1. The van der Waals surface area contributed by atoms with Gasteiger partial charge in [0.25, 0.3) is 0 Å². The number of nitrogens with one attached hydrogen (secondary N) is 1. The first kappa shape index (κ1) is 13.9. The summed E-state index contributed by atoms with van der Waals surface area (Å²) >= 11 is 0. The minimum atomic E-state index is -0.996. The molecule has 112 valence electrons. The third-order valence-electron chi connectivity index (χ3n) is 4.03. The van der Waals surface area contributed by atoms with E-state index in [4.69, 9.17) is 5.11 Å². The molecule has 1 saturated carbocycles. The van der Waals surface area contributed by atoms with Gasteiger partial charge in [0.2, 0.25) is 0 Å². The number of hydrogen-bond acceptors (Lipinski definition) is 3. The molecule has 2 N–H and O–H groups in total. The molecule has 1 heterocycles. The molecule has 1 aliphatic heterocycles. The molecule has 6 nitrogen and oxygen atoms in total. The van der Waals surface area contributed by atoms with Crippen LogP contribution in [0.4, 0.5) is 10.5 Å². The van der Waals surface area contributed by atoms with E-state index in [9.17, 15) is 9.59 Å². The van der Waals surface area contributed by atoms with Crippen molar-refractivity contribution in [2.45, 2.75) is 18.9 Å². The Labute approximate surface area is 123 Å². The number of urea groups is 1. The van der Waals surface area contributed by atoms with Gasteiger partial charge in [0.1, 0.15) is 0 Å². The molecule has 0 spiro atoms. The normalized spacial score (nSPS) is 19.3. The fraction of sp³-hybridized carbons (Fsp3) is 0.467. The monoisotopic (exact) mass is 289 g/mol. The van der Waals surface area contributed by atoms with Crippen LogP contribution in [0.5, 0.6) is 0 Å². The van der Waals surface area contributed by atoms with Crippen LogP contribution >= 0.6 is 0 Å². The molecule has 2 amide bonds. The highest BCUT2D eigenvalue weighted by molar-refractivity contribution is 5.93. The molecule has 1 aromatic rings. The summed E-state index contributed by atoms with van der Waals surface area (Å²) in [5, 5.41) is 11.7. The molecule has 6 heteroatoms. The van der Waals surface area contributed by atoms with Gasteiger partial charge in [0.05, 0.1) is 5.56 Å². The van der Waals surface area contributed by atoms with Crippen LogP contribution in [0, 0.1) is 0 Å². The van der Waals surface area contributed by atoms with Crippen LogP contribution in [0.1, 0.15) is 23.2 Å². The molecule has 0 radical (unpaired) electrons. The van der Waals surface area contributed by atoms with Crippen molar-refractivity contribution in [3.05, 3.63) is 29.8 Å². The summed E-state index contributed by atoms with van der Waals surface area (Å²) in [5.74, 6) is -0.996. The minimum absolute atomic E-state index is 0.159. The number of hydrogen-bond donors (Lipinski definition) is 2. The van der Waals surface area contributed by atoms with E-state index in [0.29, 0.717) is 5.69 Å². The number of carboxylic acid groups (broad SMARTS) is 1. The number of amides is 2. The summed E-state index contributed by atoms with van der Waals surface area (Å²) in [6.45, 7) is 3.29. The van der Waals surface area contributed by atoms with Crippen LogP contribution in [0.15, 0.2) is 24.3 Å². The summed E-state index contributed by atoms with van der Waals surface area (Å²) < 4.78 is 0. The van der Waals surface area contributed by atoms with Gasteiger partial charge in [-0.2, -0.15) is 0 Å². The third kappa shape index (κ3) is 3.33. The Morgan fingerprint density at radius 3 is 2.48 bits per heavy atom. The van der Waals surface area contributed by atoms with Crippen LogP contribution in [-0.4, -0.2) is 59.1 Å².